The summed E-state index contributed by atoms with van der Waals surface area (Å²) in [5.41, 5.74) is 1.40. The summed E-state index contributed by atoms with van der Waals surface area (Å²) in [6.07, 6.45) is 0. The van der Waals surface area contributed by atoms with Crippen molar-refractivity contribution in [2.75, 3.05) is 5.32 Å². The van der Waals surface area contributed by atoms with Gasteiger partial charge in [-0.25, -0.2) is 0 Å². The predicted molar refractivity (Wildman–Crippen MR) is 68.6 cm³/mol. The van der Waals surface area contributed by atoms with Gasteiger partial charge in [0.1, 0.15) is 11.5 Å². The monoisotopic (exact) mass is 249 g/mol. The molecule has 3 N–H and O–H groups in total. The van der Waals surface area contributed by atoms with Gasteiger partial charge in [-0.3, -0.25) is 0 Å². The van der Waals surface area contributed by atoms with E-state index in [9.17, 15) is 10.2 Å². The first-order valence-corrected chi connectivity index (χ1v) is 5.54. The Morgan fingerprint density at radius 2 is 1.82 bits per heavy atom. The molecule has 17 heavy (non-hydrogen) atoms. The summed E-state index contributed by atoms with van der Waals surface area (Å²) in [6, 6.07) is 11.8. The van der Waals surface area contributed by atoms with Crippen LogP contribution in [0, 0.1) is 0 Å². The van der Waals surface area contributed by atoms with E-state index in [1.807, 2.05) is 6.07 Å². The van der Waals surface area contributed by atoms with E-state index in [2.05, 4.69) is 5.32 Å². The van der Waals surface area contributed by atoms with Gasteiger partial charge in [0.15, 0.2) is 0 Å². The Labute approximate surface area is 104 Å². The van der Waals surface area contributed by atoms with E-state index in [0.717, 1.165) is 5.69 Å². The summed E-state index contributed by atoms with van der Waals surface area (Å²) in [5.74, 6) is 0.350. The van der Waals surface area contributed by atoms with Crippen LogP contribution >= 0.6 is 11.6 Å². The molecule has 0 bridgehead atoms. The molecule has 88 valence electrons. The second-order valence-corrected chi connectivity index (χ2v) is 4.05. The van der Waals surface area contributed by atoms with Crippen LogP contribution in [0.3, 0.4) is 0 Å². The molecule has 0 atom stereocenters. The summed E-state index contributed by atoms with van der Waals surface area (Å²) in [7, 11) is 0. The number of rotatable bonds is 3. The highest BCUT2D eigenvalue weighted by Crippen LogP contribution is 2.26. The molecule has 0 aromatic heterocycles. The lowest BCUT2D eigenvalue weighted by Crippen LogP contribution is -2.00. The summed E-state index contributed by atoms with van der Waals surface area (Å²) in [5, 5.41) is 22.5. The van der Waals surface area contributed by atoms with Crippen molar-refractivity contribution >= 4 is 17.3 Å². The highest BCUT2D eigenvalue weighted by molar-refractivity contribution is 6.31. The lowest BCUT2D eigenvalue weighted by atomic mass is 10.2. The zero-order valence-electron chi connectivity index (χ0n) is 9.02. The van der Waals surface area contributed by atoms with Gasteiger partial charge >= 0.3 is 0 Å². The summed E-state index contributed by atoms with van der Waals surface area (Å²) in [4.78, 5) is 0. The Kier molecular flexibility index (Phi) is 3.40. The van der Waals surface area contributed by atoms with Crippen LogP contribution in [0.1, 0.15) is 5.56 Å². The fraction of sp³-hybridized carbons (Fsp3) is 0.0769. The van der Waals surface area contributed by atoms with Crippen LogP contribution in [0.25, 0.3) is 0 Å². The number of aromatic hydroxyl groups is 2. The summed E-state index contributed by atoms with van der Waals surface area (Å²) >= 11 is 5.98. The van der Waals surface area contributed by atoms with Crippen LogP contribution in [0.4, 0.5) is 5.69 Å². The van der Waals surface area contributed by atoms with Crippen LogP contribution in [0.5, 0.6) is 11.5 Å². The van der Waals surface area contributed by atoms with Crippen molar-refractivity contribution in [2.45, 2.75) is 6.54 Å². The Bertz CT molecular complexity index is 508. The number of hydrogen-bond donors (Lipinski definition) is 3. The van der Waals surface area contributed by atoms with Crippen molar-refractivity contribution in [2.24, 2.45) is 0 Å². The van der Waals surface area contributed by atoms with E-state index < -0.39 is 0 Å². The minimum atomic E-state index is 0.158. The minimum Gasteiger partial charge on any atom is -0.508 e. The number of anilines is 1. The van der Waals surface area contributed by atoms with E-state index in [0.29, 0.717) is 17.1 Å². The third kappa shape index (κ3) is 2.82. The fourth-order valence-electron chi connectivity index (χ4n) is 1.53. The Morgan fingerprint density at radius 1 is 1.06 bits per heavy atom. The molecule has 0 radical (unpaired) electrons. The van der Waals surface area contributed by atoms with Gasteiger partial charge in [-0.05, 0) is 24.3 Å². The highest BCUT2D eigenvalue weighted by atomic mass is 35.5. The number of halogens is 1. The first kappa shape index (κ1) is 11.6. The van der Waals surface area contributed by atoms with Crippen LogP contribution in [0.15, 0.2) is 42.5 Å². The van der Waals surface area contributed by atoms with Crippen LogP contribution in [0.2, 0.25) is 5.02 Å². The maximum atomic E-state index is 9.65. The van der Waals surface area contributed by atoms with Crippen molar-refractivity contribution in [3.05, 3.63) is 53.1 Å². The normalized spacial score (nSPS) is 10.2. The number of phenolic OH excluding ortho intramolecular Hbond substituents is 2. The average molecular weight is 250 g/mol. The zero-order chi connectivity index (χ0) is 12.3. The van der Waals surface area contributed by atoms with E-state index in [1.54, 1.807) is 36.4 Å². The third-order valence-electron chi connectivity index (χ3n) is 2.41. The van der Waals surface area contributed by atoms with Crippen molar-refractivity contribution in [3.63, 3.8) is 0 Å². The smallest absolute Gasteiger partial charge is 0.122 e. The molecule has 2 rings (SSSR count). The van der Waals surface area contributed by atoms with Gasteiger partial charge in [-0.2, -0.15) is 0 Å². The maximum absolute atomic E-state index is 9.65. The van der Waals surface area contributed by atoms with Gasteiger partial charge in [0.25, 0.3) is 0 Å². The van der Waals surface area contributed by atoms with Gasteiger partial charge < -0.3 is 15.5 Å². The lowest BCUT2D eigenvalue weighted by molar-refractivity contribution is 0.469. The number of phenols is 2. The first-order valence-electron chi connectivity index (χ1n) is 5.16. The van der Waals surface area contributed by atoms with E-state index in [4.69, 9.17) is 11.6 Å². The molecule has 0 aliphatic carbocycles. The molecule has 0 saturated heterocycles. The SMILES string of the molecule is Oc1cccc(NCc2c(O)cccc2Cl)c1. The largest absolute Gasteiger partial charge is 0.508 e. The number of benzene rings is 2. The molecule has 4 heteroatoms. The maximum Gasteiger partial charge on any atom is 0.122 e. The third-order valence-corrected chi connectivity index (χ3v) is 2.76. The molecule has 0 spiro atoms. The van der Waals surface area contributed by atoms with Crippen molar-refractivity contribution < 1.29 is 10.2 Å². The molecule has 3 nitrogen and oxygen atoms in total. The molecule has 0 amide bonds. The van der Waals surface area contributed by atoms with Crippen molar-refractivity contribution in [1.29, 1.82) is 0 Å². The lowest BCUT2D eigenvalue weighted by Gasteiger charge is -2.09. The van der Waals surface area contributed by atoms with E-state index in [-0.39, 0.29) is 11.5 Å². The average Bonchev–Trinajstić information content (AvgIpc) is 2.28. The first-order chi connectivity index (χ1) is 8.16. The molecule has 2 aromatic rings. The molecule has 0 aliphatic heterocycles. The summed E-state index contributed by atoms with van der Waals surface area (Å²) in [6.45, 7) is 0.398. The second-order valence-electron chi connectivity index (χ2n) is 3.64. The van der Waals surface area contributed by atoms with Gasteiger partial charge in [0.2, 0.25) is 0 Å². The van der Waals surface area contributed by atoms with Gasteiger partial charge in [-0.15, -0.1) is 0 Å². The van der Waals surface area contributed by atoms with Gasteiger partial charge in [-0.1, -0.05) is 23.7 Å². The van der Waals surface area contributed by atoms with Crippen molar-refractivity contribution in [1.82, 2.24) is 0 Å². The molecule has 0 aliphatic rings. The Balaban J connectivity index is 2.13. The van der Waals surface area contributed by atoms with E-state index >= 15 is 0 Å². The molecular weight excluding hydrogens is 238 g/mol. The molecule has 2 aromatic carbocycles. The Morgan fingerprint density at radius 3 is 2.53 bits per heavy atom. The highest BCUT2D eigenvalue weighted by Gasteiger charge is 2.05. The minimum absolute atomic E-state index is 0.158. The summed E-state index contributed by atoms with van der Waals surface area (Å²) < 4.78 is 0. The number of nitrogens with one attached hydrogen (secondary N) is 1. The zero-order valence-corrected chi connectivity index (χ0v) is 9.78. The van der Waals surface area contributed by atoms with Crippen LogP contribution < -0.4 is 5.32 Å². The fourth-order valence-corrected chi connectivity index (χ4v) is 1.76. The van der Waals surface area contributed by atoms with E-state index in [1.165, 1.54) is 0 Å². The Hall–Kier alpha value is -1.87. The van der Waals surface area contributed by atoms with Crippen molar-refractivity contribution in [3.8, 4) is 11.5 Å². The molecule has 0 heterocycles. The molecular formula is C13H12ClNO2. The molecule has 0 fully saturated rings. The van der Waals surface area contributed by atoms with Gasteiger partial charge in [0, 0.05) is 28.9 Å². The topological polar surface area (TPSA) is 52.5 Å². The predicted octanol–water partition coefficient (Wildman–Crippen LogP) is 3.36. The second kappa shape index (κ2) is 4.97. The number of hydrogen-bond acceptors (Lipinski definition) is 3. The molecule has 0 unspecified atom stereocenters. The van der Waals surface area contributed by atoms with Gasteiger partial charge in [0.05, 0.1) is 0 Å². The van der Waals surface area contributed by atoms with Crippen LogP contribution in [-0.2, 0) is 6.54 Å². The standard InChI is InChI=1S/C13H12ClNO2/c14-12-5-2-6-13(17)11(12)8-15-9-3-1-4-10(16)7-9/h1-7,15-17H,8H2. The molecule has 0 saturated carbocycles. The quantitative estimate of drug-likeness (QED) is 0.782. The van der Waals surface area contributed by atoms with Crippen LogP contribution in [-0.4, -0.2) is 10.2 Å².